The minimum absolute atomic E-state index is 0.153. The third kappa shape index (κ3) is 2.87. The van der Waals surface area contributed by atoms with Gasteiger partial charge in [-0.3, -0.25) is 10.00 Å². The first-order valence-electron chi connectivity index (χ1n) is 8.59. The molecule has 0 saturated carbocycles. The average Bonchev–Trinajstić information content (AvgIpc) is 3.31. The molecule has 130 valence electrons. The topological polar surface area (TPSA) is 58.0 Å². The van der Waals surface area contributed by atoms with Crippen molar-refractivity contribution in [3.63, 3.8) is 0 Å². The van der Waals surface area contributed by atoms with E-state index in [1.807, 2.05) is 26.0 Å². The molecule has 1 aliphatic heterocycles. The van der Waals surface area contributed by atoms with E-state index in [9.17, 15) is 4.39 Å². The zero-order valence-corrected chi connectivity index (χ0v) is 14.4. The summed E-state index contributed by atoms with van der Waals surface area (Å²) in [4.78, 5) is 2.30. The lowest BCUT2D eigenvalue weighted by Gasteiger charge is -2.24. The summed E-state index contributed by atoms with van der Waals surface area (Å²) in [6.07, 6.45) is 3.88. The molecule has 0 unspecified atom stereocenters. The first-order chi connectivity index (χ1) is 12.1. The van der Waals surface area contributed by atoms with E-state index in [4.69, 9.17) is 4.52 Å². The van der Waals surface area contributed by atoms with Gasteiger partial charge in [0.2, 0.25) is 0 Å². The van der Waals surface area contributed by atoms with E-state index in [2.05, 4.69) is 20.3 Å². The van der Waals surface area contributed by atoms with Crippen LogP contribution in [0.1, 0.15) is 41.4 Å². The Hall–Kier alpha value is -2.47. The molecule has 1 aromatic carbocycles. The number of H-pyrrole nitrogens is 1. The fourth-order valence-electron chi connectivity index (χ4n) is 3.59. The van der Waals surface area contributed by atoms with E-state index in [1.165, 1.54) is 6.07 Å². The molecule has 1 saturated heterocycles. The van der Waals surface area contributed by atoms with Crippen LogP contribution in [0.25, 0.3) is 11.3 Å². The fourth-order valence-corrected chi connectivity index (χ4v) is 3.59. The Morgan fingerprint density at radius 1 is 1.32 bits per heavy atom. The van der Waals surface area contributed by atoms with E-state index in [0.29, 0.717) is 6.54 Å². The third-order valence-corrected chi connectivity index (χ3v) is 5.10. The summed E-state index contributed by atoms with van der Waals surface area (Å²) < 4.78 is 19.6. The Morgan fingerprint density at radius 2 is 2.16 bits per heavy atom. The second-order valence-corrected chi connectivity index (χ2v) is 6.64. The van der Waals surface area contributed by atoms with Crippen molar-refractivity contribution >= 4 is 0 Å². The van der Waals surface area contributed by atoms with Crippen LogP contribution in [0.5, 0.6) is 0 Å². The van der Waals surface area contributed by atoms with Gasteiger partial charge in [-0.1, -0.05) is 23.4 Å². The number of aromatic amines is 1. The molecule has 0 aliphatic carbocycles. The zero-order valence-electron chi connectivity index (χ0n) is 14.4. The minimum Gasteiger partial charge on any atom is -0.356 e. The quantitative estimate of drug-likeness (QED) is 0.775. The molecule has 6 heteroatoms. The smallest absolute Gasteiger partial charge is 0.173 e. The molecule has 1 aliphatic rings. The highest BCUT2D eigenvalue weighted by atomic mass is 19.1. The molecule has 3 aromatic rings. The molecule has 1 N–H and O–H groups in total. The highest BCUT2D eigenvalue weighted by Gasteiger charge is 2.31. The lowest BCUT2D eigenvalue weighted by molar-refractivity contribution is 0.241. The van der Waals surface area contributed by atoms with E-state index >= 15 is 0 Å². The van der Waals surface area contributed by atoms with Gasteiger partial charge in [-0.05, 0) is 39.3 Å². The monoisotopic (exact) mass is 340 g/mol. The van der Waals surface area contributed by atoms with Crippen LogP contribution in [0.15, 0.2) is 35.0 Å². The van der Waals surface area contributed by atoms with Gasteiger partial charge in [-0.2, -0.15) is 5.10 Å². The van der Waals surface area contributed by atoms with Crippen molar-refractivity contribution < 1.29 is 8.91 Å². The molecule has 0 spiro atoms. The molecular formula is C19H21FN4O. The third-order valence-electron chi connectivity index (χ3n) is 5.10. The van der Waals surface area contributed by atoms with Gasteiger partial charge in [-0.25, -0.2) is 4.39 Å². The number of hydrogen-bond acceptors (Lipinski definition) is 4. The Kier molecular flexibility index (Phi) is 4.13. The van der Waals surface area contributed by atoms with Gasteiger partial charge in [0, 0.05) is 17.7 Å². The Balaban J connectivity index is 1.65. The summed E-state index contributed by atoms with van der Waals surface area (Å²) in [5.41, 5.74) is 4.61. The lowest BCUT2D eigenvalue weighted by atomic mass is 10.0. The van der Waals surface area contributed by atoms with E-state index in [1.54, 1.807) is 12.3 Å². The Morgan fingerprint density at radius 3 is 2.92 bits per heavy atom. The van der Waals surface area contributed by atoms with Crippen molar-refractivity contribution in [1.29, 1.82) is 0 Å². The molecule has 0 amide bonds. The average molecular weight is 340 g/mol. The Labute approximate surface area is 145 Å². The predicted molar refractivity (Wildman–Crippen MR) is 92.3 cm³/mol. The molecule has 25 heavy (non-hydrogen) atoms. The minimum atomic E-state index is -0.153. The van der Waals surface area contributed by atoms with E-state index < -0.39 is 0 Å². The summed E-state index contributed by atoms with van der Waals surface area (Å²) in [7, 11) is 0. The molecule has 0 radical (unpaired) electrons. The van der Waals surface area contributed by atoms with Gasteiger partial charge < -0.3 is 4.52 Å². The first-order valence-corrected chi connectivity index (χ1v) is 8.59. The highest BCUT2D eigenvalue weighted by Crippen LogP contribution is 2.38. The number of nitrogens with one attached hydrogen (secondary N) is 1. The number of benzene rings is 1. The number of nitrogens with zero attached hydrogens (tertiary/aromatic N) is 3. The van der Waals surface area contributed by atoms with Crippen molar-refractivity contribution in [3.05, 3.63) is 58.8 Å². The summed E-state index contributed by atoms with van der Waals surface area (Å²) in [5, 5.41) is 11.4. The van der Waals surface area contributed by atoms with Crippen LogP contribution in [0, 0.1) is 19.7 Å². The summed E-state index contributed by atoms with van der Waals surface area (Å²) in [6.45, 7) is 5.46. The summed E-state index contributed by atoms with van der Waals surface area (Å²) in [6, 6.07) is 7.14. The van der Waals surface area contributed by atoms with E-state index in [-0.39, 0.29) is 11.9 Å². The van der Waals surface area contributed by atoms with Gasteiger partial charge in [0.25, 0.3) is 0 Å². The predicted octanol–water partition coefficient (Wildman–Crippen LogP) is 4.16. The van der Waals surface area contributed by atoms with Crippen molar-refractivity contribution in [3.8, 4) is 11.3 Å². The molecule has 1 atom stereocenters. The van der Waals surface area contributed by atoms with Gasteiger partial charge in [-0.15, -0.1) is 0 Å². The van der Waals surface area contributed by atoms with Gasteiger partial charge >= 0.3 is 0 Å². The van der Waals surface area contributed by atoms with Crippen LogP contribution in [0.4, 0.5) is 4.39 Å². The highest BCUT2D eigenvalue weighted by molar-refractivity contribution is 5.64. The second kappa shape index (κ2) is 6.44. The molecule has 1 fully saturated rings. The Bertz CT molecular complexity index is 885. The van der Waals surface area contributed by atoms with Gasteiger partial charge in [0.15, 0.2) is 5.76 Å². The standard InChI is InChI=1S/C19H21FN4O/c1-12-13(2)23-25-19(12)15-10-21-22-18(15)17-8-5-9-24(17)11-14-6-3-4-7-16(14)20/h3-4,6-7,10,17H,5,8-9,11H2,1-2H3,(H,21,22)/t17-/m0/s1. The lowest BCUT2D eigenvalue weighted by Crippen LogP contribution is -2.24. The van der Waals surface area contributed by atoms with E-state index in [0.717, 1.165) is 53.2 Å². The maximum atomic E-state index is 14.0. The number of aryl methyl sites for hydroxylation is 1. The number of halogens is 1. The van der Waals surface area contributed by atoms with Crippen molar-refractivity contribution in [2.45, 2.75) is 39.3 Å². The van der Waals surface area contributed by atoms with Crippen LogP contribution >= 0.6 is 0 Å². The molecule has 5 nitrogen and oxygen atoms in total. The maximum absolute atomic E-state index is 14.0. The SMILES string of the molecule is Cc1noc(-c2cn[nH]c2[C@@H]2CCCN2Cc2ccccc2F)c1C. The molecule has 2 aromatic heterocycles. The van der Waals surface area contributed by atoms with Gasteiger partial charge in [0.1, 0.15) is 5.82 Å². The van der Waals surface area contributed by atoms with Crippen LogP contribution < -0.4 is 0 Å². The largest absolute Gasteiger partial charge is 0.356 e. The van der Waals surface area contributed by atoms with Crippen LogP contribution in [0.2, 0.25) is 0 Å². The van der Waals surface area contributed by atoms with Crippen molar-refractivity contribution in [2.24, 2.45) is 0 Å². The number of aromatic nitrogens is 3. The molecule has 4 rings (SSSR count). The molecular weight excluding hydrogens is 319 g/mol. The maximum Gasteiger partial charge on any atom is 0.173 e. The number of likely N-dealkylation sites (tertiary alicyclic amines) is 1. The van der Waals surface area contributed by atoms with Crippen LogP contribution in [-0.2, 0) is 6.54 Å². The molecule has 0 bridgehead atoms. The molecule has 3 heterocycles. The van der Waals surface area contributed by atoms with Crippen molar-refractivity contribution in [2.75, 3.05) is 6.54 Å². The normalized spacial score (nSPS) is 18.1. The second-order valence-electron chi connectivity index (χ2n) is 6.64. The first kappa shape index (κ1) is 16.0. The number of rotatable bonds is 4. The zero-order chi connectivity index (χ0) is 17.4. The van der Waals surface area contributed by atoms with Crippen LogP contribution in [0.3, 0.4) is 0 Å². The van der Waals surface area contributed by atoms with Crippen molar-refractivity contribution in [1.82, 2.24) is 20.3 Å². The summed E-state index contributed by atoms with van der Waals surface area (Å²) >= 11 is 0. The fraction of sp³-hybridized carbons (Fsp3) is 0.368. The van der Waals surface area contributed by atoms with Gasteiger partial charge in [0.05, 0.1) is 29.2 Å². The summed E-state index contributed by atoms with van der Waals surface area (Å²) in [5.74, 6) is 0.610. The van der Waals surface area contributed by atoms with Crippen LogP contribution in [-0.4, -0.2) is 26.8 Å². The number of hydrogen-bond donors (Lipinski definition) is 1.